The van der Waals surface area contributed by atoms with Gasteiger partial charge in [0.1, 0.15) is 5.52 Å². The van der Waals surface area contributed by atoms with Crippen molar-refractivity contribution in [2.75, 3.05) is 6.54 Å². The molecule has 1 atom stereocenters. The Balaban J connectivity index is 2.43. The first kappa shape index (κ1) is 10.5. The summed E-state index contributed by atoms with van der Waals surface area (Å²) < 4.78 is 5.61. The number of nitrogens with zero attached hydrogens (tertiary/aromatic N) is 1. The van der Waals surface area contributed by atoms with Crippen LogP contribution in [0.5, 0.6) is 0 Å². The Kier molecular flexibility index (Phi) is 2.93. The van der Waals surface area contributed by atoms with Crippen molar-refractivity contribution in [2.24, 2.45) is 5.73 Å². The van der Waals surface area contributed by atoms with Gasteiger partial charge in [-0.3, -0.25) is 0 Å². The van der Waals surface area contributed by atoms with E-state index < -0.39 is 0 Å². The van der Waals surface area contributed by atoms with Crippen LogP contribution < -0.4 is 5.73 Å². The molecule has 0 radical (unpaired) electrons. The second kappa shape index (κ2) is 4.21. The monoisotopic (exact) mass is 224 g/mol. The van der Waals surface area contributed by atoms with Gasteiger partial charge >= 0.3 is 0 Å². The molecule has 2 N–H and O–H groups in total. The third-order valence-electron chi connectivity index (χ3n) is 2.40. The average molecular weight is 225 g/mol. The van der Waals surface area contributed by atoms with Crippen molar-refractivity contribution in [3.8, 4) is 0 Å². The summed E-state index contributed by atoms with van der Waals surface area (Å²) in [4.78, 5) is 4.39. The minimum absolute atomic E-state index is 0.235. The molecule has 80 valence electrons. The predicted molar refractivity (Wildman–Crippen MR) is 61.1 cm³/mol. The van der Waals surface area contributed by atoms with Gasteiger partial charge in [-0.15, -0.1) is 0 Å². The molecule has 0 saturated heterocycles. The Morgan fingerprint density at radius 2 is 2.33 bits per heavy atom. The van der Waals surface area contributed by atoms with Crippen molar-refractivity contribution in [1.82, 2.24) is 4.98 Å². The summed E-state index contributed by atoms with van der Waals surface area (Å²) in [7, 11) is 0. The van der Waals surface area contributed by atoms with Gasteiger partial charge in [-0.25, -0.2) is 4.98 Å². The first-order valence-electron chi connectivity index (χ1n) is 4.97. The largest absolute Gasteiger partial charge is 0.439 e. The second-order valence-electron chi connectivity index (χ2n) is 3.62. The first-order valence-corrected chi connectivity index (χ1v) is 5.35. The zero-order chi connectivity index (χ0) is 10.8. The molecule has 0 amide bonds. The molecule has 1 aromatic carbocycles. The molecule has 0 aliphatic rings. The standard InChI is InChI=1S/C11H13ClN2O/c1-7(5-6-13)11-14-9-4-2-3-8(12)10(9)15-11/h2-4,7H,5-6,13H2,1H3. The lowest BCUT2D eigenvalue weighted by Gasteiger charge is -2.02. The fraction of sp³-hybridized carbons (Fsp3) is 0.364. The zero-order valence-corrected chi connectivity index (χ0v) is 9.29. The highest BCUT2D eigenvalue weighted by Gasteiger charge is 2.13. The number of fused-ring (bicyclic) bond motifs is 1. The van der Waals surface area contributed by atoms with Crippen LogP contribution >= 0.6 is 11.6 Å². The van der Waals surface area contributed by atoms with Crippen molar-refractivity contribution < 1.29 is 4.42 Å². The number of para-hydroxylation sites is 1. The molecule has 2 rings (SSSR count). The normalized spacial score (nSPS) is 13.3. The number of aromatic nitrogens is 1. The van der Waals surface area contributed by atoms with Crippen molar-refractivity contribution in [2.45, 2.75) is 19.3 Å². The van der Waals surface area contributed by atoms with Crippen LogP contribution in [0.4, 0.5) is 0 Å². The fourth-order valence-corrected chi connectivity index (χ4v) is 1.73. The molecule has 0 saturated carbocycles. The van der Waals surface area contributed by atoms with Crippen molar-refractivity contribution in [3.05, 3.63) is 29.1 Å². The van der Waals surface area contributed by atoms with E-state index in [9.17, 15) is 0 Å². The highest BCUT2D eigenvalue weighted by atomic mass is 35.5. The summed E-state index contributed by atoms with van der Waals surface area (Å²) in [6, 6.07) is 5.56. The molecule has 0 bridgehead atoms. The maximum absolute atomic E-state index is 5.99. The highest BCUT2D eigenvalue weighted by Crippen LogP contribution is 2.27. The average Bonchev–Trinajstić information content (AvgIpc) is 2.63. The number of benzene rings is 1. The number of rotatable bonds is 3. The number of hydrogen-bond donors (Lipinski definition) is 1. The minimum atomic E-state index is 0.235. The SMILES string of the molecule is CC(CCN)c1nc2cccc(Cl)c2o1. The van der Waals surface area contributed by atoms with Gasteiger partial charge < -0.3 is 10.2 Å². The third-order valence-corrected chi connectivity index (χ3v) is 2.70. The van der Waals surface area contributed by atoms with Gasteiger partial charge in [0, 0.05) is 5.92 Å². The summed E-state index contributed by atoms with van der Waals surface area (Å²) >= 11 is 5.99. The minimum Gasteiger partial charge on any atom is -0.439 e. The van der Waals surface area contributed by atoms with Crippen LogP contribution in [0.2, 0.25) is 5.02 Å². The van der Waals surface area contributed by atoms with E-state index in [0.717, 1.165) is 11.9 Å². The topological polar surface area (TPSA) is 52.0 Å². The molecule has 1 heterocycles. The Labute approximate surface area is 93.2 Å². The summed E-state index contributed by atoms with van der Waals surface area (Å²) in [5.41, 5.74) is 6.97. The Morgan fingerprint density at radius 3 is 3.00 bits per heavy atom. The van der Waals surface area contributed by atoms with Crippen molar-refractivity contribution in [1.29, 1.82) is 0 Å². The van der Waals surface area contributed by atoms with Crippen LogP contribution in [-0.4, -0.2) is 11.5 Å². The summed E-state index contributed by atoms with van der Waals surface area (Å²) in [5, 5.41) is 0.603. The molecule has 4 heteroatoms. The van der Waals surface area contributed by atoms with E-state index in [0.29, 0.717) is 23.0 Å². The van der Waals surface area contributed by atoms with Gasteiger partial charge in [-0.05, 0) is 25.1 Å². The highest BCUT2D eigenvalue weighted by molar-refractivity contribution is 6.34. The zero-order valence-electron chi connectivity index (χ0n) is 8.53. The lowest BCUT2D eigenvalue weighted by atomic mass is 10.1. The Bertz CT molecular complexity index is 467. The number of hydrogen-bond acceptors (Lipinski definition) is 3. The first-order chi connectivity index (χ1) is 7.22. The predicted octanol–water partition coefficient (Wildman–Crippen LogP) is 2.93. The molecule has 1 unspecified atom stereocenters. The van der Waals surface area contributed by atoms with Gasteiger partial charge in [0.25, 0.3) is 0 Å². The van der Waals surface area contributed by atoms with E-state index in [1.165, 1.54) is 0 Å². The molecule has 0 spiro atoms. The van der Waals surface area contributed by atoms with Crippen LogP contribution in [0.3, 0.4) is 0 Å². The van der Waals surface area contributed by atoms with E-state index in [1.54, 1.807) is 6.07 Å². The number of nitrogens with two attached hydrogens (primary N) is 1. The van der Waals surface area contributed by atoms with Crippen LogP contribution in [0.15, 0.2) is 22.6 Å². The lowest BCUT2D eigenvalue weighted by molar-refractivity contribution is 0.473. The van der Waals surface area contributed by atoms with Crippen LogP contribution in [0, 0.1) is 0 Å². The Hall–Kier alpha value is -1.06. The maximum atomic E-state index is 5.99. The fourth-order valence-electron chi connectivity index (χ4n) is 1.52. The van der Waals surface area contributed by atoms with Gasteiger partial charge in [-0.2, -0.15) is 0 Å². The van der Waals surface area contributed by atoms with Crippen molar-refractivity contribution in [3.63, 3.8) is 0 Å². The van der Waals surface area contributed by atoms with E-state index in [2.05, 4.69) is 4.98 Å². The molecule has 0 aliphatic heterocycles. The third kappa shape index (κ3) is 1.98. The van der Waals surface area contributed by atoms with Gasteiger partial charge in [0.15, 0.2) is 11.5 Å². The second-order valence-corrected chi connectivity index (χ2v) is 4.03. The van der Waals surface area contributed by atoms with E-state index in [1.807, 2.05) is 19.1 Å². The van der Waals surface area contributed by atoms with Crippen molar-refractivity contribution >= 4 is 22.7 Å². The van der Waals surface area contributed by atoms with Crippen LogP contribution in [0.25, 0.3) is 11.1 Å². The molecule has 2 aromatic rings. The van der Waals surface area contributed by atoms with Crippen LogP contribution in [-0.2, 0) is 0 Å². The molecule has 1 aromatic heterocycles. The summed E-state index contributed by atoms with van der Waals surface area (Å²) in [6.07, 6.45) is 0.866. The summed E-state index contributed by atoms with van der Waals surface area (Å²) in [5.74, 6) is 0.946. The van der Waals surface area contributed by atoms with Gasteiger partial charge in [0.05, 0.1) is 5.02 Å². The summed E-state index contributed by atoms with van der Waals surface area (Å²) in [6.45, 7) is 2.68. The van der Waals surface area contributed by atoms with Crippen LogP contribution in [0.1, 0.15) is 25.2 Å². The Morgan fingerprint density at radius 1 is 1.53 bits per heavy atom. The maximum Gasteiger partial charge on any atom is 0.198 e. The molecule has 15 heavy (non-hydrogen) atoms. The number of oxazole rings is 1. The molecule has 3 nitrogen and oxygen atoms in total. The van der Waals surface area contributed by atoms with Gasteiger partial charge in [0.2, 0.25) is 0 Å². The van der Waals surface area contributed by atoms with E-state index in [4.69, 9.17) is 21.8 Å². The smallest absolute Gasteiger partial charge is 0.198 e. The van der Waals surface area contributed by atoms with Gasteiger partial charge in [-0.1, -0.05) is 24.6 Å². The molecular weight excluding hydrogens is 212 g/mol. The molecular formula is C11H13ClN2O. The molecule has 0 aliphatic carbocycles. The molecule has 0 fully saturated rings. The van der Waals surface area contributed by atoms with E-state index >= 15 is 0 Å². The quantitative estimate of drug-likeness (QED) is 0.872. The lowest BCUT2D eigenvalue weighted by Crippen LogP contribution is -2.04. The van der Waals surface area contributed by atoms with E-state index in [-0.39, 0.29) is 5.92 Å². The number of halogens is 1.